The molecule has 0 N–H and O–H groups in total. The number of esters is 1. The van der Waals surface area contributed by atoms with Crippen molar-refractivity contribution in [1.29, 1.82) is 0 Å². The van der Waals surface area contributed by atoms with E-state index >= 15 is 0 Å². The molecule has 3 aromatic rings. The molecule has 12 nitrogen and oxygen atoms in total. The quantitative estimate of drug-likeness (QED) is 0.280. The summed E-state index contributed by atoms with van der Waals surface area (Å²) >= 11 is 0. The molecule has 2 aliphatic rings. The molecule has 2 aliphatic heterocycles. The van der Waals surface area contributed by atoms with E-state index in [1.54, 1.807) is 31.7 Å². The van der Waals surface area contributed by atoms with Crippen LogP contribution in [0.25, 0.3) is 10.9 Å². The third-order valence-corrected chi connectivity index (χ3v) is 9.96. The summed E-state index contributed by atoms with van der Waals surface area (Å²) in [7, 11) is -8.34. The van der Waals surface area contributed by atoms with E-state index in [1.165, 1.54) is 42.7 Å². The Labute approximate surface area is 251 Å². The molecule has 0 bridgehead atoms. The Morgan fingerprint density at radius 2 is 1.70 bits per heavy atom. The number of sulfone groups is 1. The number of ether oxygens (including phenoxy) is 1. The fourth-order valence-electron chi connectivity index (χ4n) is 5.52. The molecule has 5 rings (SSSR count). The fraction of sp³-hybridized carbons (Fsp3) is 0.448. The highest BCUT2D eigenvalue weighted by molar-refractivity contribution is 7.92. The molecule has 2 aromatic carbocycles. The summed E-state index contributed by atoms with van der Waals surface area (Å²) in [6, 6.07) is 9.30. The number of hydrogen-bond acceptors (Lipinski definition) is 11. The number of nitrogens with zero attached hydrogens (tertiary/aromatic N) is 4. The van der Waals surface area contributed by atoms with Gasteiger partial charge in [-0.25, -0.2) is 18.4 Å². The SMILES string of the molecule is CC(C)(C)OC(=O)[C@H]1CN(c2ncnc3cc(OS(=O)(=O)c4ccccc4S(C)(=O)=O)ccc23)C[C@H]1N1CCCCC1=O. The van der Waals surface area contributed by atoms with Crippen molar-refractivity contribution >= 4 is 48.6 Å². The number of piperidine rings is 1. The van der Waals surface area contributed by atoms with Gasteiger partial charge in [-0.05, 0) is 57.9 Å². The summed E-state index contributed by atoms with van der Waals surface area (Å²) in [4.78, 5) is 37.8. The summed E-state index contributed by atoms with van der Waals surface area (Å²) in [6.45, 7) is 6.60. The van der Waals surface area contributed by atoms with E-state index in [-0.39, 0.29) is 29.1 Å². The maximum absolute atomic E-state index is 13.3. The molecule has 0 spiro atoms. The van der Waals surface area contributed by atoms with Crippen LogP contribution >= 0.6 is 0 Å². The highest BCUT2D eigenvalue weighted by Crippen LogP contribution is 2.35. The molecule has 1 amide bonds. The Morgan fingerprint density at radius 1 is 0.977 bits per heavy atom. The fourth-order valence-corrected chi connectivity index (χ4v) is 8.05. The lowest BCUT2D eigenvalue weighted by atomic mass is 9.98. The van der Waals surface area contributed by atoms with Crippen molar-refractivity contribution in [1.82, 2.24) is 14.9 Å². The Kier molecular flexibility index (Phi) is 8.11. The van der Waals surface area contributed by atoms with Crippen LogP contribution in [-0.4, -0.2) is 81.1 Å². The lowest BCUT2D eigenvalue weighted by molar-refractivity contribution is -0.161. The first-order valence-electron chi connectivity index (χ1n) is 13.9. The second-order valence-corrected chi connectivity index (χ2v) is 15.3. The van der Waals surface area contributed by atoms with Crippen molar-refractivity contribution in [2.24, 2.45) is 5.92 Å². The number of fused-ring (bicyclic) bond motifs is 1. The normalized spacial score (nSPS) is 20.0. The summed E-state index contributed by atoms with van der Waals surface area (Å²) < 4.78 is 61.6. The number of hydrogen-bond donors (Lipinski definition) is 0. The van der Waals surface area contributed by atoms with Crippen LogP contribution in [0.15, 0.2) is 58.6 Å². The molecule has 3 heterocycles. The molecule has 0 radical (unpaired) electrons. The topological polar surface area (TPSA) is 153 Å². The second kappa shape index (κ2) is 11.4. The number of amides is 1. The largest absolute Gasteiger partial charge is 0.460 e. The minimum absolute atomic E-state index is 0.0136. The van der Waals surface area contributed by atoms with Crippen LogP contribution in [0.5, 0.6) is 5.75 Å². The Morgan fingerprint density at radius 3 is 2.37 bits per heavy atom. The number of carbonyl (C=O) groups excluding carboxylic acids is 2. The summed E-state index contributed by atoms with van der Waals surface area (Å²) in [5.41, 5.74) is -0.318. The van der Waals surface area contributed by atoms with Gasteiger partial charge >= 0.3 is 16.1 Å². The Hall–Kier alpha value is -3.78. The minimum Gasteiger partial charge on any atom is -0.460 e. The predicted octanol–water partition coefficient (Wildman–Crippen LogP) is 2.96. The smallest absolute Gasteiger partial charge is 0.340 e. The zero-order chi connectivity index (χ0) is 31.2. The van der Waals surface area contributed by atoms with Gasteiger partial charge in [-0.3, -0.25) is 9.59 Å². The average Bonchev–Trinajstić information content (AvgIpc) is 3.37. The monoisotopic (exact) mass is 630 g/mol. The zero-order valence-corrected chi connectivity index (χ0v) is 26.0. The molecule has 1 aromatic heterocycles. The van der Waals surface area contributed by atoms with Crippen LogP contribution in [-0.2, 0) is 34.3 Å². The number of anilines is 1. The average molecular weight is 631 g/mol. The molecule has 2 saturated heterocycles. The van der Waals surface area contributed by atoms with E-state index in [0.29, 0.717) is 36.2 Å². The first-order chi connectivity index (χ1) is 20.1. The van der Waals surface area contributed by atoms with E-state index in [4.69, 9.17) is 8.92 Å². The van der Waals surface area contributed by atoms with Gasteiger partial charge in [0, 0.05) is 43.8 Å². The van der Waals surface area contributed by atoms with E-state index in [1.807, 2.05) is 4.90 Å². The number of aromatic nitrogens is 2. The number of benzene rings is 2. The van der Waals surface area contributed by atoms with Gasteiger partial charge in [0.2, 0.25) is 5.91 Å². The summed E-state index contributed by atoms with van der Waals surface area (Å²) in [6.07, 6.45) is 4.37. The molecule has 43 heavy (non-hydrogen) atoms. The molecule has 2 atom stereocenters. The van der Waals surface area contributed by atoms with Crippen LogP contribution in [0.4, 0.5) is 5.82 Å². The molecular formula is C29H34N4O8S2. The Balaban J connectivity index is 1.45. The lowest BCUT2D eigenvalue weighted by Gasteiger charge is -2.35. The van der Waals surface area contributed by atoms with Gasteiger partial charge in [-0.1, -0.05) is 12.1 Å². The van der Waals surface area contributed by atoms with Crippen LogP contribution in [0, 0.1) is 5.92 Å². The maximum atomic E-state index is 13.3. The number of likely N-dealkylation sites (tertiary alicyclic amines) is 1. The number of carbonyl (C=O) groups is 2. The molecular weight excluding hydrogens is 596 g/mol. The van der Waals surface area contributed by atoms with Crippen molar-refractivity contribution in [2.45, 2.75) is 61.5 Å². The number of rotatable bonds is 7. The van der Waals surface area contributed by atoms with Crippen molar-refractivity contribution in [2.75, 3.05) is 30.8 Å². The van der Waals surface area contributed by atoms with Crippen molar-refractivity contribution in [3.05, 3.63) is 48.8 Å². The van der Waals surface area contributed by atoms with Crippen LogP contribution < -0.4 is 9.08 Å². The lowest BCUT2D eigenvalue weighted by Crippen LogP contribution is -2.49. The van der Waals surface area contributed by atoms with Gasteiger partial charge in [0.25, 0.3) is 0 Å². The van der Waals surface area contributed by atoms with Crippen molar-refractivity contribution in [3.8, 4) is 5.75 Å². The van der Waals surface area contributed by atoms with E-state index in [9.17, 15) is 26.4 Å². The molecule has 0 aliphatic carbocycles. The minimum atomic E-state index is -4.50. The van der Waals surface area contributed by atoms with Crippen LogP contribution in [0.2, 0.25) is 0 Å². The van der Waals surface area contributed by atoms with E-state index < -0.39 is 42.4 Å². The molecule has 0 saturated carbocycles. The van der Waals surface area contributed by atoms with E-state index in [0.717, 1.165) is 19.1 Å². The van der Waals surface area contributed by atoms with Gasteiger partial charge in [-0.15, -0.1) is 0 Å². The second-order valence-electron chi connectivity index (χ2n) is 11.8. The van der Waals surface area contributed by atoms with Gasteiger partial charge in [0.15, 0.2) is 9.84 Å². The molecule has 230 valence electrons. The molecule has 0 unspecified atom stereocenters. The van der Waals surface area contributed by atoms with Gasteiger partial charge in [0.05, 0.1) is 22.4 Å². The molecule has 2 fully saturated rings. The van der Waals surface area contributed by atoms with Crippen molar-refractivity contribution in [3.63, 3.8) is 0 Å². The van der Waals surface area contributed by atoms with E-state index in [2.05, 4.69) is 9.97 Å². The first kappa shape index (κ1) is 30.7. The van der Waals surface area contributed by atoms with Crippen LogP contribution in [0.1, 0.15) is 40.0 Å². The van der Waals surface area contributed by atoms with Crippen molar-refractivity contribution < 1.29 is 35.3 Å². The van der Waals surface area contributed by atoms with Gasteiger partial charge < -0.3 is 18.7 Å². The highest BCUT2D eigenvalue weighted by Gasteiger charge is 2.45. The van der Waals surface area contributed by atoms with Gasteiger partial charge in [-0.2, -0.15) is 8.42 Å². The third kappa shape index (κ3) is 6.59. The summed E-state index contributed by atoms with van der Waals surface area (Å²) in [5.74, 6) is -0.506. The summed E-state index contributed by atoms with van der Waals surface area (Å²) in [5, 5.41) is 0.581. The Bertz CT molecular complexity index is 1790. The van der Waals surface area contributed by atoms with Gasteiger partial charge in [0.1, 0.15) is 28.4 Å². The highest BCUT2D eigenvalue weighted by atomic mass is 32.2. The predicted molar refractivity (Wildman–Crippen MR) is 158 cm³/mol. The maximum Gasteiger partial charge on any atom is 0.340 e. The standard InChI is InChI=1S/C29H34N4O8S2/c1-29(2,3)40-28(35)21-16-32(17-23(21)33-14-8-7-11-26(33)34)27-20-13-12-19(15-22(20)30-18-31-27)41-43(38,39)25-10-6-5-9-24(25)42(4,36)37/h5-6,9-10,12-13,15,18,21,23H,7-8,11,14,16-17H2,1-4H3/t21-,23+/m0/s1. The molecule has 14 heteroatoms. The van der Waals surface area contributed by atoms with Crippen LogP contribution in [0.3, 0.4) is 0 Å². The third-order valence-electron chi connectivity index (χ3n) is 7.37. The zero-order valence-electron chi connectivity index (χ0n) is 24.4. The first-order valence-corrected chi connectivity index (χ1v) is 17.2.